The van der Waals surface area contributed by atoms with Crippen molar-refractivity contribution in [3.05, 3.63) is 66.2 Å². The van der Waals surface area contributed by atoms with Crippen LogP contribution in [0.25, 0.3) is 11.1 Å². The van der Waals surface area contributed by atoms with E-state index in [-0.39, 0.29) is 11.2 Å². The molecule has 1 N–H and O–H groups in total. The average molecular weight is 340 g/mol. The SMILES string of the molecule is CC(Sc1nccs1)C(=O)Nc1ccccc1-c1ccccc1. The normalized spacial score (nSPS) is 11.9. The zero-order valence-electron chi connectivity index (χ0n) is 12.6. The molecule has 0 aliphatic heterocycles. The molecule has 0 aliphatic rings. The molecule has 1 atom stereocenters. The van der Waals surface area contributed by atoms with Gasteiger partial charge in [0.2, 0.25) is 5.91 Å². The van der Waals surface area contributed by atoms with Gasteiger partial charge in [-0.15, -0.1) is 11.3 Å². The molecule has 1 heterocycles. The fourth-order valence-corrected chi connectivity index (χ4v) is 3.94. The van der Waals surface area contributed by atoms with Crippen molar-refractivity contribution in [1.82, 2.24) is 4.98 Å². The summed E-state index contributed by atoms with van der Waals surface area (Å²) in [5.41, 5.74) is 2.94. The second-order valence-electron chi connectivity index (χ2n) is 4.96. The van der Waals surface area contributed by atoms with Gasteiger partial charge in [-0.05, 0) is 18.6 Å². The van der Waals surface area contributed by atoms with Crippen LogP contribution in [0.4, 0.5) is 5.69 Å². The molecular weight excluding hydrogens is 324 g/mol. The van der Waals surface area contributed by atoms with Gasteiger partial charge in [0.15, 0.2) is 4.34 Å². The van der Waals surface area contributed by atoms with Gasteiger partial charge in [0, 0.05) is 22.8 Å². The summed E-state index contributed by atoms with van der Waals surface area (Å²) in [6, 6.07) is 17.9. The Morgan fingerprint density at radius 2 is 1.87 bits per heavy atom. The Hall–Kier alpha value is -2.11. The summed E-state index contributed by atoms with van der Waals surface area (Å²) in [6.07, 6.45) is 1.75. The number of rotatable bonds is 5. The Morgan fingerprint density at radius 3 is 2.61 bits per heavy atom. The molecule has 2 aromatic carbocycles. The lowest BCUT2D eigenvalue weighted by molar-refractivity contribution is -0.115. The first-order chi connectivity index (χ1) is 11.2. The smallest absolute Gasteiger partial charge is 0.237 e. The summed E-state index contributed by atoms with van der Waals surface area (Å²) in [6.45, 7) is 1.90. The standard InChI is InChI=1S/C18H16N2OS2/c1-13(23-18-19-11-12-22-18)17(21)20-16-10-6-5-9-15(16)14-7-3-2-4-8-14/h2-13H,1H3,(H,20,21). The molecule has 116 valence electrons. The van der Waals surface area contributed by atoms with Crippen LogP contribution in [0.3, 0.4) is 0 Å². The maximum atomic E-state index is 12.5. The van der Waals surface area contributed by atoms with E-state index < -0.39 is 0 Å². The second-order valence-corrected chi connectivity index (χ2v) is 7.44. The van der Waals surface area contributed by atoms with E-state index >= 15 is 0 Å². The number of carbonyl (C=O) groups excluding carboxylic acids is 1. The number of carbonyl (C=O) groups is 1. The lowest BCUT2D eigenvalue weighted by Crippen LogP contribution is -2.22. The van der Waals surface area contributed by atoms with Gasteiger partial charge in [0.1, 0.15) is 0 Å². The van der Waals surface area contributed by atoms with Crippen molar-refractivity contribution >= 4 is 34.7 Å². The number of benzene rings is 2. The number of amides is 1. The fourth-order valence-electron chi connectivity index (χ4n) is 2.17. The first-order valence-electron chi connectivity index (χ1n) is 7.25. The van der Waals surface area contributed by atoms with E-state index in [1.54, 1.807) is 17.5 Å². The number of thioether (sulfide) groups is 1. The van der Waals surface area contributed by atoms with Gasteiger partial charge in [-0.25, -0.2) is 4.98 Å². The van der Waals surface area contributed by atoms with E-state index in [2.05, 4.69) is 10.3 Å². The van der Waals surface area contributed by atoms with E-state index in [0.29, 0.717) is 0 Å². The molecule has 0 radical (unpaired) electrons. The Labute approximate surface area is 143 Å². The maximum Gasteiger partial charge on any atom is 0.237 e. The molecule has 1 aromatic heterocycles. The molecule has 0 bridgehead atoms. The number of para-hydroxylation sites is 1. The molecule has 3 rings (SSSR count). The van der Waals surface area contributed by atoms with Crippen LogP contribution in [0.15, 0.2) is 70.5 Å². The minimum atomic E-state index is -0.204. The van der Waals surface area contributed by atoms with E-state index in [0.717, 1.165) is 21.2 Å². The van der Waals surface area contributed by atoms with Gasteiger partial charge in [0.05, 0.1) is 5.25 Å². The van der Waals surface area contributed by atoms with Crippen LogP contribution in [0.5, 0.6) is 0 Å². The Kier molecular flexibility index (Phi) is 5.10. The first kappa shape index (κ1) is 15.8. The minimum Gasteiger partial charge on any atom is -0.325 e. The van der Waals surface area contributed by atoms with Crippen LogP contribution in [0.2, 0.25) is 0 Å². The molecular formula is C18H16N2OS2. The maximum absolute atomic E-state index is 12.5. The number of nitrogens with one attached hydrogen (secondary N) is 1. The largest absolute Gasteiger partial charge is 0.325 e. The number of anilines is 1. The van der Waals surface area contributed by atoms with Crippen LogP contribution < -0.4 is 5.32 Å². The lowest BCUT2D eigenvalue weighted by atomic mass is 10.0. The van der Waals surface area contributed by atoms with Crippen molar-refractivity contribution in [2.45, 2.75) is 16.5 Å². The summed E-state index contributed by atoms with van der Waals surface area (Å²) >= 11 is 3.02. The third-order valence-electron chi connectivity index (χ3n) is 3.33. The third-order valence-corrected chi connectivity index (χ3v) is 5.34. The van der Waals surface area contributed by atoms with Crippen molar-refractivity contribution in [2.75, 3.05) is 5.32 Å². The third kappa shape index (κ3) is 4.00. The van der Waals surface area contributed by atoms with E-state index in [9.17, 15) is 4.79 Å². The van der Waals surface area contributed by atoms with Crippen LogP contribution in [-0.2, 0) is 4.79 Å². The predicted octanol–water partition coefficient (Wildman–Crippen LogP) is 4.93. The summed E-state index contributed by atoms with van der Waals surface area (Å²) in [7, 11) is 0. The summed E-state index contributed by atoms with van der Waals surface area (Å²) in [5.74, 6) is -0.0198. The Bertz CT molecular complexity index is 773. The molecule has 1 amide bonds. The van der Waals surface area contributed by atoms with Crippen molar-refractivity contribution in [3.8, 4) is 11.1 Å². The Morgan fingerprint density at radius 1 is 1.13 bits per heavy atom. The fraction of sp³-hybridized carbons (Fsp3) is 0.111. The van der Waals surface area contributed by atoms with Crippen molar-refractivity contribution in [2.24, 2.45) is 0 Å². The molecule has 3 nitrogen and oxygen atoms in total. The number of nitrogens with zero attached hydrogens (tertiary/aromatic N) is 1. The monoisotopic (exact) mass is 340 g/mol. The van der Waals surface area contributed by atoms with Crippen molar-refractivity contribution < 1.29 is 4.79 Å². The quantitative estimate of drug-likeness (QED) is 0.670. The molecule has 0 saturated carbocycles. The topological polar surface area (TPSA) is 42.0 Å². The molecule has 5 heteroatoms. The molecule has 0 fully saturated rings. The average Bonchev–Trinajstić information content (AvgIpc) is 3.09. The highest BCUT2D eigenvalue weighted by Crippen LogP contribution is 2.30. The molecule has 1 unspecified atom stereocenters. The predicted molar refractivity (Wildman–Crippen MR) is 97.9 cm³/mol. The van der Waals surface area contributed by atoms with Crippen molar-refractivity contribution in [1.29, 1.82) is 0 Å². The molecule has 3 aromatic rings. The summed E-state index contributed by atoms with van der Waals surface area (Å²) in [5, 5.41) is 4.75. The zero-order valence-corrected chi connectivity index (χ0v) is 14.2. The van der Waals surface area contributed by atoms with Gasteiger partial charge in [-0.2, -0.15) is 0 Å². The minimum absolute atomic E-state index is 0.0198. The second kappa shape index (κ2) is 7.44. The number of hydrogen-bond donors (Lipinski definition) is 1. The first-order valence-corrected chi connectivity index (χ1v) is 9.01. The summed E-state index contributed by atoms with van der Waals surface area (Å²) < 4.78 is 0.906. The van der Waals surface area contributed by atoms with Gasteiger partial charge in [-0.1, -0.05) is 60.3 Å². The van der Waals surface area contributed by atoms with Crippen LogP contribution in [0, 0.1) is 0 Å². The van der Waals surface area contributed by atoms with Crippen LogP contribution in [-0.4, -0.2) is 16.1 Å². The van der Waals surface area contributed by atoms with Crippen LogP contribution in [0.1, 0.15) is 6.92 Å². The van der Waals surface area contributed by atoms with E-state index in [1.165, 1.54) is 11.8 Å². The molecule has 0 aliphatic carbocycles. The number of thiazole rings is 1. The van der Waals surface area contributed by atoms with Gasteiger partial charge < -0.3 is 5.32 Å². The number of aromatic nitrogens is 1. The lowest BCUT2D eigenvalue weighted by Gasteiger charge is -2.14. The highest BCUT2D eigenvalue weighted by atomic mass is 32.2. The van der Waals surface area contributed by atoms with E-state index in [4.69, 9.17) is 0 Å². The van der Waals surface area contributed by atoms with Gasteiger partial charge >= 0.3 is 0 Å². The Balaban J connectivity index is 1.76. The molecule has 0 saturated heterocycles. The number of hydrogen-bond acceptors (Lipinski definition) is 4. The summed E-state index contributed by atoms with van der Waals surface area (Å²) in [4.78, 5) is 16.7. The van der Waals surface area contributed by atoms with Gasteiger partial charge in [0.25, 0.3) is 0 Å². The van der Waals surface area contributed by atoms with Crippen molar-refractivity contribution in [3.63, 3.8) is 0 Å². The highest BCUT2D eigenvalue weighted by molar-refractivity contribution is 8.02. The molecule has 23 heavy (non-hydrogen) atoms. The van der Waals surface area contributed by atoms with Gasteiger partial charge in [-0.3, -0.25) is 4.79 Å². The van der Waals surface area contributed by atoms with E-state index in [1.807, 2.05) is 66.9 Å². The van der Waals surface area contributed by atoms with Crippen LogP contribution >= 0.6 is 23.1 Å². The molecule has 0 spiro atoms. The highest BCUT2D eigenvalue weighted by Gasteiger charge is 2.17. The zero-order chi connectivity index (χ0) is 16.1.